The van der Waals surface area contributed by atoms with Crippen LogP contribution in [0, 0.1) is 0 Å². The molecule has 1 atom stereocenters. The Morgan fingerprint density at radius 2 is 1.89 bits per heavy atom. The fraction of sp³-hybridized carbons (Fsp3) is 0.385. The van der Waals surface area contributed by atoms with Crippen molar-refractivity contribution in [1.29, 1.82) is 0 Å². The molecule has 0 N–H and O–H groups in total. The van der Waals surface area contributed by atoms with Crippen LogP contribution in [0.1, 0.15) is 12.5 Å². The van der Waals surface area contributed by atoms with Gasteiger partial charge in [0, 0.05) is 6.42 Å². The first kappa shape index (κ1) is 14.5. The molecule has 0 aromatic heterocycles. The van der Waals surface area contributed by atoms with Crippen molar-refractivity contribution in [1.82, 2.24) is 0 Å². The van der Waals surface area contributed by atoms with Gasteiger partial charge in [-0.05, 0) is 24.6 Å². The first-order valence-electron chi connectivity index (χ1n) is 5.54. The number of alkyl halides is 1. The van der Waals surface area contributed by atoms with Crippen molar-refractivity contribution in [2.75, 3.05) is 13.7 Å². The third-order valence-corrected chi connectivity index (χ3v) is 2.74. The van der Waals surface area contributed by atoms with Crippen molar-refractivity contribution >= 4 is 23.4 Å². The van der Waals surface area contributed by atoms with Crippen LogP contribution in [0.3, 0.4) is 0 Å². The molecule has 4 nitrogen and oxygen atoms in total. The van der Waals surface area contributed by atoms with Crippen molar-refractivity contribution < 1.29 is 19.1 Å². The first-order chi connectivity index (χ1) is 8.58. The summed E-state index contributed by atoms with van der Waals surface area (Å²) in [6.45, 7) is 1.87. The molecule has 0 aliphatic rings. The maximum Gasteiger partial charge on any atom is 0.331 e. The maximum atomic E-state index is 11.7. The average molecular weight is 271 g/mol. The number of ketones is 1. The number of Topliss-reactive ketones (excluding diaryl/α,β-unsaturated/α-hetero) is 1. The predicted molar refractivity (Wildman–Crippen MR) is 68.0 cm³/mol. The highest BCUT2D eigenvalue weighted by Crippen LogP contribution is 2.13. The third-order valence-electron chi connectivity index (χ3n) is 2.31. The highest BCUT2D eigenvalue weighted by Gasteiger charge is 2.24. The summed E-state index contributed by atoms with van der Waals surface area (Å²) < 4.78 is 9.69. The molecule has 1 unspecified atom stereocenters. The molecule has 1 aromatic carbocycles. The van der Waals surface area contributed by atoms with E-state index in [2.05, 4.69) is 4.74 Å². The third kappa shape index (κ3) is 4.04. The molecule has 0 amide bonds. The summed E-state index contributed by atoms with van der Waals surface area (Å²) in [6.07, 6.45) is 0.0942. The zero-order valence-electron chi connectivity index (χ0n) is 10.3. The zero-order chi connectivity index (χ0) is 13.5. The van der Waals surface area contributed by atoms with Crippen LogP contribution in [-0.4, -0.2) is 30.8 Å². The van der Waals surface area contributed by atoms with Crippen LogP contribution in [0.5, 0.6) is 5.75 Å². The van der Waals surface area contributed by atoms with Gasteiger partial charge in [-0.3, -0.25) is 4.79 Å². The van der Waals surface area contributed by atoms with Gasteiger partial charge in [0.05, 0.1) is 13.7 Å². The van der Waals surface area contributed by atoms with Crippen LogP contribution in [0.25, 0.3) is 0 Å². The standard InChI is InChI=1S/C13H15ClO4/c1-3-18-13(16)12(14)11(15)8-9-4-6-10(17-2)7-5-9/h4-7,12H,3,8H2,1-2H3. The molecule has 0 bridgehead atoms. The van der Waals surface area contributed by atoms with E-state index in [4.69, 9.17) is 16.3 Å². The van der Waals surface area contributed by atoms with E-state index >= 15 is 0 Å². The Morgan fingerprint density at radius 1 is 1.28 bits per heavy atom. The number of methoxy groups -OCH3 is 1. The van der Waals surface area contributed by atoms with E-state index in [0.29, 0.717) is 5.75 Å². The molecule has 98 valence electrons. The Morgan fingerprint density at radius 3 is 2.39 bits per heavy atom. The van der Waals surface area contributed by atoms with Crippen molar-refractivity contribution in [3.8, 4) is 5.75 Å². The minimum Gasteiger partial charge on any atom is -0.497 e. The first-order valence-corrected chi connectivity index (χ1v) is 5.98. The molecule has 0 saturated heterocycles. The van der Waals surface area contributed by atoms with Crippen LogP contribution < -0.4 is 4.74 Å². The molecular weight excluding hydrogens is 256 g/mol. The summed E-state index contributed by atoms with van der Waals surface area (Å²) in [5.41, 5.74) is 0.774. The van der Waals surface area contributed by atoms with Crippen LogP contribution >= 0.6 is 11.6 Å². The van der Waals surface area contributed by atoms with E-state index in [-0.39, 0.29) is 18.8 Å². The molecule has 0 aliphatic carbocycles. The zero-order valence-corrected chi connectivity index (χ0v) is 11.1. The molecule has 0 saturated carbocycles. The molecular formula is C13H15ClO4. The largest absolute Gasteiger partial charge is 0.497 e. The summed E-state index contributed by atoms with van der Waals surface area (Å²) in [5.74, 6) is -0.364. The second kappa shape index (κ2) is 7.01. The Hall–Kier alpha value is -1.55. The van der Waals surface area contributed by atoms with Crippen LogP contribution in [-0.2, 0) is 20.7 Å². The second-order valence-electron chi connectivity index (χ2n) is 3.61. The molecule has 1 rings (SSSR count). The quantitative estimate of drug-likeness (QED) is 0.451. The van der Waals surface area contributed by atoms with Crippen molar-refractivity contribution in [3.63, 3.8) is 0 Å². The highest BCUT2D eigenvalue weighted by atomic mass is 35.5. The summed E-state index contributed by atoms with van der Waals surface area (Å²) in [4.78, 5) is 23.0. The Kier molecular flexibility index (Phi) is 5.65. The SMILES string of the molecule is CCOC(=O)C(Cl)C(=O)Cc1ccc(OC)cc1. The summed E-state index contributed by atoms with van der Waals surface area (Å²) in [7, 11) is 1.57. The summed E-state index contributed by atoms with van der Waals surface area (Å²) in [6, 6.07) is 7.00. The smallest absolute Gasteiger partial charge is 0.331 e. The van der Waals surface area contributed by atoms with Crippen molar-refractivity contribution in [3.05, 3.63) is 29.8 Å². The minimum atomic E-state index is -1.24. The lowest BCUT2D eigenvalue weighted by atomic mass is 10.1. The monoisotopic (exact) mass is 270 g/mol. The van der Waals surface area contributed by atoms with Crippen molar-refractivity contribution in [2.45, 2.75) is 18.7 Å². The number of ether oxygens (including phenoxy) is 2. The van der Waals surface area contributed by atoms with E-state index in [0.717, 1.165) is 5.56 Å². The second-order valence-corrected chi connectivity index (χ2v) is 4.04. The summed E-state index contributed by atoms with van der Waals surface area (Å²) in [5, 5.41) is -1.24. The van der Waals surface area contributed by atoms with Gasteiger partial charge in [0.2, 0.25) is 0 Å². The van der Waals surface area contributed by atoms with Gasteiger partial charge in [0.1, 0.15) is 5.75 Å². The minimum absolute atomic E-state index is 0.0942. The number of rotatable bonds is 6. The van der Waals surface area contributed by atoms with Gasteiger partial charge in [-0.2, -0.15) is 0 Å². The molecule has 0 spiro atoms. The molecule has 0 radical (unpaired) electrons. The van der Waals surface area contributed by atoms with Gasteiger partial charge in [-0.25, -0.2) is 4.79 Å². The van der Waals surface area contributed by atoms with Crippen LogP contribution in [0.15, 0.2) is 24.3 Å². The molecule has 1 aromatic rings. The summed E-state index contributed by atoms with van der Waals surface area (Å²) >= 11 is 5.72. The topological polar surface area (TPSA) is 52.6 Å². The number of hydrogen-bond donors (Lipinski definition) is 0. The number of esters is 1. The van der Waals surface area contributed by atoms with E-state index < -0.39 is 11.3 Å². The number of carbonyl (C=O) groups is 2. The van der Waals surface area contributed by atoms with E-state index in [9.17, 15) is 9.59 Å². The number of hydrogen-bond acceptors (Lipinski definition) is 4. The van der Waals surface area contributed by atoms with Gasteiger partial charge < -0.3 is 9.47 Å². The van der Waals surface area contributed by atoms with Gasteiger partial charge in [0.15, 0.2) is 11.2 Å². The molecule has 5 heteroatoms. The normalized spacial score (nSPS) is 11.7. The molecule has 18 heavy (non-hydrogen) atoms. The Balaban J connectivity index is 2.60. The van der Waals surface area contributed by atoms with Gasteiger partial charge in [0.25, 0.3) is 0 Å². The lowest BCUT2D eigenvalue weighted by molar-refractivity contribution is -0.144. The van der Waals surface area contributed by atoms with Gasteiger partial charge in [-0.15, -0.1) is 11.6 Å². The van der Waals surface area contributed by atoms with Crippen molar-refractivity contribution in [2.24, 2.45) is 0 Å². The lowest BCUT2D eigenvalue weighted by Gasteiger charge is -2.08. The number of benzene rings is 1. The van der Waals surface area contributed by atoms with Gasteiger partial charge >= 0.3 is 5.97 Å². The Bertz CT molecular complexity index is 414. The fourth-order valence-electron chi connectivity index (χ4n) is 1.38. The number of halogens is 1. The average Bonchev–Trinajstić information content (AvgIpc) is 2.39. The van der Waals surface area contributed by atoms with E-state index in [1.54, 1.807) is 38.3 Å². The fourth-order valence-corrected chi connectivity index (χ4v) is 1.52. The molecule has 0 aliphatic heterocycles. The number of carbonyl (C=O) groups excluding carboxylic acids is 2. The maximum absolute atomic E-state index is 11.7. The Labute approximate surface area is 111 Å². The predicted octanol–water partition coefficient (Wildman–Crippen LogP) is 1.98. The molecule has 0 fully saturated rings. The van der Waals surface area contributed by atoms with Crippen LogP contribution in [0.2, 0.25) is 0 Å². The van der Waals surface area contributed by atoms with Gasteiger partial charge in [-0.1, -0.05) is 12.1 Å². The lowest BCUT2D eigenvalue weighted by Crippen LogP contribution is -2.28. The molecule has 0 heterocycles. The highest BCUT2D eigenvalue weighted by molar-refractivity contribution is 6.41. The van der Waals surface area contributed by atoms with Crippen LogP contribution in [0.4, 0.5) is 0 Å². The van der Waals surface area contributed by atoms with E-state index in [1.165, 1.54) is 0 Å². The van der Waals surface area contributed by atoms with E-state index in [1.807, 2.05) is 0 Å².